The van der Waals surface area contributed by atoms with Crippen LogP contribution < -0.4 is 0 Å². The molecule has 5 nitrogen and oxygen atoms in total. The lowest BCUT2D eigenvalue weighted by molar-refractivity contribution is -0.385. The van der Waals surface area contributed by atoms with Gasteiger partial charge in [0.2, 0.25) is 0 Å². The maximum absolute atomic E-state index is 11.5. The summed E-state index contributed by atoms with van der Waals surface area (Å²) in [4.78, 5) is 9.59. The van der Waals surface area contributed by atoms with Crippen LogP contribution >= 0.6 is 11.6 Å². The van der Waals surface area contributed by atoms with E-state index in [0.717, 1.165) is 12.1 Å². The zero-order valence-electron chi connectivity index (χ0n) is 7.81. The second-order valence-corrected chi connectivity index (χ2v) is 5.43. The molecule has 0 aromatic heterocycles. The molecular formula is C8H8ClNO4S. The Morgan fingerprint density at radius 3 is 2.53 bits per heavy atom. The number of nitrogens with zero attached hydrogens (tertiary/aromatic N) is 1. The van der Waals surface area contributed by atoms with E-state index in [9.17, 15) is 18.5 Å². The van der Waals surface area contributed by atoms with E-state index in [1.165, 1.54) is 13.0 Å². The van der Waals surface area contributed by atoms with Gasteiger partial charge in [-0.25, -0.2) is 8.42 Å². The second-order valence-electron chi connectivity index (χ2n) is 2.78. The number of nitro groups is 1. The molecular weight excluding hydrogens is 242 g/mol. The van der Waals surface area contributed by atoms with Crippen molar-refractivity contribution in [2.24, 2.45) is 0 Å². The van der Waals surface area contributed by atoms with Crippen LogP contribution in [0.4, 0.5) is 5.69 Å². The zero-order valence-corrected chi connectivity index (χ0v) is 9.38. The molecule has 0 N–H and O–H groups in total. The molecule has 0 aliphatic carbocycles. The molecule has 0 saturated heterocycles. The van der Waals surface area contributed by atoms with Gasteiger partial charge >= 0.3 is 0 Å². The van der Waals surface area contributed by atoms with Gasteiger partial charge in [-0.2, -0.15) is 0 Å². The van der Waals surface area contributed by atoms with Gasteiger partial charge in [0.05, 0.1) is 20.6 Å². The molecule has 0 fully saturated rings. The maximum atomic E-state index is 11.5. The minimum atomic E-state index is -3.52. The van der Waals surface area contributed by atoms with Crippen LogP contribution in [0.3, 0.4) is 0 Å². The van der Waals surface area contributed by atoms with E-state index in [1.807, 2.05) is 0 Å². The van der Waals surface area contributed by atoms with Gasteiger partial charge in [-0.15, -0.1) is 0 Å². The summed E-state index contributed by atoms with van der Waals surface area (Å²) in [5, 5.41) is 10.4. The van der Waals surface area contributed by atoms with E-state index in [-0.39, 0.29) is 21.4 Å². The van der Waals surface area contributed by atoms with Gasteiger partial charge in [-0.3, -0.25) is 10.1 Å². The fraction of sp³-hybridized carbons (Fsp3) is 0.250. The van der Waals surface area contributed by atoms with Gasteiger partial charge < -0.3 is 0 Å². The predicted octanol–water partition coefficient (Wildman–Crippen LogP) is 2.04. The molecule has 1 aromatic carbocycles. The molecule has 0 unspecified atom stereocenters. The van der Waals surface area contributed by atoms with Crippen LogP contribution in [0.1, 0.15) is 6.92 Å². The highest BCUT2D eigenvalue weighted by molar-refractivity contribution is 7.91. The maximum Gasteiger partial charge on any atom is 0.270 e. The van der Waals surface area contributed by atoms with Crippen LogP contribution in [0, 0.1) is 10.1 Å². The molecule has 0 spiro atoms. The van der Waals surface area contributed by atoms with Gasteiger partial charge in [0.25, 0.3) is 5.69 Å². The van der Waals surface area contributed by atoms with Crippen molar-refractivity contribution in [1.82, 2.24) is 0 Å². The van der Waals surface area contributed by atoms with Crippen LogP contribution in [-0.4, -0.2) is 19.1 Å². The van der Waals surface area contributed by atoms with E-state index >= 15 is 0 Å². The molecule has 82 valence electrons. The molecule has 0 bridgehead atoms. The third-order valence-electron chi connectivity index (χ3n) is 1.84. The molecule has 7 heteroatoms. The Hall–Kier alpha value is -1.14. The lowest BCUT2D eigenvalue weighted by Crippen LogP contribution is -2.05. The third-order valence-corrected chi connectivity index (χ3v) is 4.05. The number of non-ortho nitro benzene ring substituents is 1. The van der Waals surface area contributed by atoms with Gasteiger partial charge in [0.1, 0.15) is 0 Å². The molecule has 1 aromatic rings. The fourth-order valence-electron chi connectivity index (χ4n) is 0.999. The van der Waals surface area contributed by atoms with Crippen molar-refractivity contribution in [1.29, 1.82) is 0 Å². The standard InChI is InChI=1S/C8H8ClNO4S/c1-2-15(13,14)8-5-6(10(11)12)3-4-7(8)9/h3-5H,2H2,1H3. The molecule has 0 aliphatic rings. The largest absolute Gasteiger partial charge is 0.270 e. The summed E-state index contributed by atoms with van der Waals surface area (Å²) in [6.45, 7) is 1.45. The lowest BCUT2D eigenvalue weighted by atomic mass is 10.3. The summed E-state index contributed by atoms with van der Waals surface area (Å²) in [5.74, 6) is -0.145. The summed E-state index contributed by atoms with van der Waals surface area (Å²) < 4.78 is 23.0. The Bertz CT molecular complexity index is 497. The molecule has 0 atom stereocenters. The highest BCUT2D eigenvalue weighted by atomic mass is 35.5. The van der Waals surface area contributed by atoms with Gasteiger partial charge in [0.15, 0.2) is 9.84 Å². The summed E-state index contributed by atoms with van der Waals surface area (Å²) >= 11 is 5.66. The number of hydrogen-bond acceptors (Lipinski definition) is 4. The number of nitro benzene ring substituents is 1. The zero-order chi connectivity index (χ0) is 11.6. The fourth-order valence-corrected chi connectivity index (χ4v) is 2.45. The smallest absolute Gasteiger partial charge is 0.258 e. The minimum Gasteiger partial charge on any atom is -0.258 e. The first-order valence-electron chi connectivity index (χ1n) is 4.05. The molecule has 1 rings (SSSR count). The number of rotatable bonds is 3. The Balaban J connectivity index is 3.42. The molecule has 0 heterocycles. The summed E-state index contributed by atoms with van der Waals surface area (Å²) in [5.41, 5.74) is -0.286. The molecule has 0 saturated carbocycles. The Morgan fingerprint density at radius 2 is 2.07 bits per heavy atom. The lowest BCUT2D eigenvalue weighted by Gasteiger charge is -2.03. The van der Waals surface area contributed by atoms with Crippen LogP contribution in [-0.2, 0) is 9.84 Å². The highest BCUT2D eigenvalue weighted by Gasteiger charge is 2.19. The Labute approximate surface area is 91.7 Å². The van der Waals surface area contributed by atoms with E-state index in [2.05, 4.69) is 0 Å². The Kier molecular flexibility index (Phi) is 3.31. The van der Waals surface area contributed by atoms with Crippen molar-refractivity contribution < 1.29 is 13.3 Å². The second kappa shape index (κ2) is 4.16. The average molecular weight is 250 g/mol. The van der Waals surface area contributed by atoms with Crippen molar-refractivity contribution in [3.05, 3.63) is 33.3 Å². The van der Waals surface area contributed by atoms with E-state index in [0.29, 0.717) is 0 Å². The number of hydrogen-bond donors (Lipinski definition) is 0. The van der Waals surface area contributed by atoms with Crippen LogP contribution in [0.5, 0.6) is 0 Å². The molecule has 0 aliphatic heterocycles. The monoisotopic (exact) mass is 249 g/mol. The van der Waals surface area contributed by atoms with Crippen LogP contribution in [0.2, 0.25) is 5.02 Å². The number of benzene rings is 1. The van der Waals surface area contributed by atoms with Gasteiger partial charge in [-0.05, 0) is 6.07 Å². The normalized spacial score (nSPS) is 11.3. The van der Waals surface area contributed by atoms with E-state index in [1.54, 1.807) is 0 Å². The third kappa shape index (κ3) is 2.45. The topological polar surface area (TPSA) is 77.3 Å². The average Bonchev–Trinajstić information content (AvgIpc) is 2.17. The van der Waals surface area contributed by atoms with Crippen LogP contribution in [0.25, 0.3) is 0 Å². The van der Waals surface area contributed by atoms with Crippen molar-refractivity contribution in [2.75, 3.05) is 5.75 Å². The minimum absolute atomic E-state index is 0.00227. The summed E-state index contributed by atoms with van der Waals surface area (Å²) in [7, 11) is -3.52. The first-order valence-corrected chi connectivity index (χ1v) is 6.08. The Morgan fingerprint density at radius 1 is 1.47 bits per heavy atom. The first kappa shape index (κ1) is 11.9. The van der Waals surface area contributed by atoms with Crippen molar-refractivity contribution >= 4 is 27.1 Å². The van der Waals surface area contributed by atoms with Crippen LogP contribution in [0.15, 0.2) is 23.1 Å². The quantitative estimate of drug-likeness (QED) is 0.607. The summed E-state index contributed by atoms with van der Waals surface area (Å²) in [6, 6.07) is 3.35. The molecule has 0 amide bonds. The highest BCUT2D eigenvalue weighted by Crippen LogP contribution is 2.26. The van der Waals surface area contributed by atoms with Crippen molar-refractivity contribution in [3.63, 3.8) is 0 Å². The van der Waals surface area contributed by atoms with E-state index in [4.69, 9.17) is 11.6 Å². The first-order chi connectivity index (χ1) is 6.88. The van der Waals surface area contributed by atoms with Gasteiger partial charge in [0, 0.05) is 12.1 Å². The SMILES string of the molecule is CCS(=O)(=O)c1cc([N+](=O)[O-])ccc1Cl. The van der Waals surface area contributed by atoms with Crippen molar-refractivity contribution in [2.45, 2.75) is 11.8 Å². The summed E-state index contributed by atoms with van der Waals surface area (Å²) in [6.07, 6.45) is 0. The molecule has 15 heavy (non-hydrogen) atoms. The van der Waals surface area contributed by atoms with E-state index < -0.39 is 14.8 Å². The number of sulfone groups is 1. The molecule has 0 radical (unpaired) electrons. The van der Waals surface area contributed by atoms with Crippen molar-refractivity contribution in [3.8, 4) is 0 Å². The predicted molar refractivity (Wildman–Crippen MR) is 55.8 cm³/mol. The van der Waals surface area contributed by atoms with Gasteiger partial charge in [-0.1, -0.05) is 18.5 Å². The number of halogens is 1.